The molecule has 2 rings (SSSR count). The van der Waals surface area contributed by atoms with Crippen LogP contribution in [0.2, 0.25) is 0 Å². The molecular weight excluding hydrogens is 264 g/mol. The summed E-state index contributed by atoms with van der Waals surface area (Å²) in [5.74, 6) is 1.49. The smallest absolute Gasteiger partial charge is 0.409 e. The first kappa shape index (κ1) is 16.3. The fraction of sp³-hybridized carbons (Fsp3) is 0.824. The lowest BCUT2D eigenvalue weighted by Gasteiger charge is -2.33. The lowest BCUT2D eigenvalue weighted by Crippen LogP contribution is -2.46. The fourth-order valence-corrected chi connectivity index (χ4v) is 3.66. The number of nitrogens with one attached hydrogen (secondary N) is 1. The van der Waals surface area contributed by atoms with Crippen molar-refractivity contribution in [2.75, 3.05) is 26.2 Å². The van der Waals surface area contributed by atoms with Crippen LogP contribution in [-0.2, 0) is 4.74 Å². The van der Waals surface area contributed by atoms with Gasteiger partial charge < -0.3 is 15.0 Å². The first-order chi connectivity index (χ1) is 10.1. The van der Waals surface area contributed by atoms with Crippen LogP contribution in [0.1, 0.15) is 46.5 Å². The number of hydrogen-bond acceptors (Lipinski definition) is 3. The van der Waals surface area contributed by atoms with Crippen molar-refractivity contribution in [3.8, 4) is 0 Å². The molecule has 1 aliphatic carbocycles. The van der Waals surface area contributed by atoms with Crippen LogP contribution in [0.3, 0.4) is 0 Å². The SMILES string of the molecule is CCOC(=O)N1CCC(NCC2CC(C)=CC(C)C2)CC1. The number of ether oxygens (including phenoxy) is 1. The summed E-state index contributed by atoms with van der Waals surface area (Å²) in [5, 5.41) is 3.72. The molecule has 21 heavy (non-hydrogen) atoms. The molecule has 1 fully saturated rings. The van der Waals surface area contributed by atoms with E-state index in [9.17, 15) is 4.79 Å². The molecule has 0 aromatic rings. The van der Waals surface area contributed by atoms with E-state index in [1.165, 1.54) is 18.4 Å². The second-order valence-corrected chi connectivity index (χ2v) is 6.66. The standard InChI is InChI=1S/C17H30N2O2/c1-4-21-17(20)19-7-5-16(6-8-19)18-12-15-10-13(2)9-14(3)11-15/h9,13,15-16,18H,4-8,10-12H2,1-3H3. The fourth-order valence-electron chi connectivity index (χ4n) is 3.66. The molecule has 120 valence electrons. The molecule has 4 nitrogen and oxygen atoms in total. The van der Waals surface area contributed by atoms with E-state index >= 15 is 0 Å². The van der Waals surface area contributed by atoms with Gasteiger partial charge in [-0.15, -0.1) is 0 Å². The van der Waals surface area contributed by atoms with Crippen molar-refractivity contribution < 1.29 is 9.53 Å². The van der Waals surface area contributed by atoms with E-state index in [-0.39, 0.29) is 6.09 Å². The summed E-state index contributed by atoms with van der Waals surface area (Å²) in [6.07, 6.45) is 6.86. The van der Waals surface area contributed by atoms with Crippen LogP contribution in [-0.4, -0.2) is 43.3 Å². The third kappa shape index (κ3) is 5.03. The van der Waals surface area contributed by atoms with Crippen molar-refractivity contribution in [1.82, 2.24) is 10.2 Å². The molecule has 0 aromatic carbocycles. The zero-order valence-electron chi connectivity index (χ0n) is 13.7. The molecule has 2 aliphatic rings. The molecule has 1 N–H and O–H groups in total. The largest absolute Gasteiger partial charge is 0.450 e. The van der Waals surface area contributed by atoms with E-state index in [1.54, 1.807) is 0 Å². The molecule has 4 heteroatoms. The van der Waals surface area contributed by atoms with E-state index in [0.717, 1.165) is 44.3 Å². The number of carbonyl (C=O) groups is 1. The average molecular weight is 294 g/mol. The number of piperidine rings is 1. The highest BCUT2D eigenvalue weighted by Gasteiger charge is 2.24. The van der Waals surface area contributed by atoms with Crippen LogP contribution in [0.15, 0.2) is 11.6 Å². The molecule has 0 bridgehead atoms. The quantitative estimate of drug-likeness (QED) is 0.810. The molecule has 1 amide bonds. The van der Waals surface area contributed by atoms with Gasteiger partial charge in [-0.05, 0) is 57.9 Å². The summed E-state index contributed by atoms with van der Waals surface area (Å²) in [7, 11) is 0. The Bertz CT molecular complexity index is 373. The van der Waals surface area contributed by atoms with E-state index in [2.05, 4.69) is 25.2 Å². The van der Waals surface area contributed by atoms with Gasteiger partial charge in [-0.1, -0.05) is 18.6 Å². The Morgan fingerprint density at radius 1 is 1.43 bits per heavy atom. The molecule has 0 spiro atoms. The summed E-state index contributed by atoms with van der Waals surface area (Å²) in [6, 6.07) is 0.553. The normalized spacial score (nSPS) is 27.4. The summed E-state index contributed by atoms with van der Waals surface area (Å²) >= 11 is 0. The number of likely N-dealkylation sites (tertiary alicyclic amines) is 1. The summed E-state index contributed by atoms with van der Waals surface area (Å²) < 4.78 is 5.06. The second-order valence-electron chi connectivity index (χ2n) is 6.66. The van der Waals surface area contributed by atoms with Gasteiger partial charge in [0.25, 0.3) is 0 Å². The lowest BCUT2D eigenvalue weighted by molar-refractivity contribution is 0.0946. The maximum absolute atomic E-state index is 11.7. The predicted molar refractivity (Wildman–Crippen MR) is 85.3 cm³/mol. The van der Waals surface area contributed by atoms with Gasteiger partial charge in [0.1, 0.15) is 0 Å². The van der Waals surface area contributed by atoms with Crippen molar-refractivity contribution in [2.24, 2.45) is 11.8 Å². The first-order valence-electron chi connectivity index (χ1n) is 8.40. The van der Waals surface area contributed by atoms with Crippen molar-refractivity contribution in [2.45, 2.75) is 52.5 Å². The molecule has 1 saturated heterocycles. The van der Waals surface area contributed by atoms with Gasteiger partial charge in [0.2, 0.25) is 0 Å². The number of nitrogens with zero attached hydrogens (tertiary/aromatic N) is 1. The van der Waals surface area contributed by atoms with Crippen LogP contribution in [0.4, 0.5) is 4.79 Å². The zero-order chi connectivity index (χ0) is 15.2. The summed E-state index contributed by atoms with van der Waals surface area (Å²) in [5.41, 5.74) is 1.54. The van der Waals surface area contributed by atoms with E-state index < -0.39 is 0 Å². The van der Waals surface area contributed by atoms with E-state index in [4.69, 9.17) is 4.74 Å². The maximum Gasteiger partial charge on any atom is 0.409 e. The van der Waals surface area contributed by atoms with E-state index in [0.29, 0.717) is 12.6 Å². The van der Waals surface area contributed by atoms with Crippen molar-refractivity contribution in [3.63, 3.8) is 0 Å². The third-order valence-corrected chi connectivity index (χ3v) is 4.60. The number of allylic oxidation sites excluding steroid dienone is 2. The van der Waals surface area contributed by atoms with Crippen LogP contribution in [0.25, 0.3) is 0 Å². The Labute approximate surface area is 128 Å². The molecule has 2 unspecified atom stereocenters. The zero-order valence-corrected chi connectivity index (χ0v) is 13.7. The van der Waals surface area contributed by atoms with Gasteiger partial charge in [0.05, 0.1) is 6.61 Å². The Morgan fingerprint density at radius 2 is 2.14 bits per heavy atom. The van der Waals surface area contributed by atoms with Gasteiger partial charge in [-0.2, -0.15) is 0 Å². The van der Waals surface area contributed by atoms with Crippen LogP contribution < -0.4 is 5.32 Å². The molecular formula is C17H30N2O2. The highest BCUT2D eigenvalue weighted by Crippen LogP contribution is 2.27. The Morgan fingerprint density at radius 3 is 2.76 bits per heavy atom. The number of rotatable bonds is 4. The van der Waals surface area contributed by atoms with E-state index in [1.807, 2.05) is 11.8 Å². The van der Waals surface area contributed by atoms with Gasteiger partial charge in [0.15, 0.2) is 0 Å². The highest BCUT2D eigenvalue weighted by molar-refractivity contribution is 5.67. The lowest BCUT2D eigenvalue weighted by atomic mass is 9.83. The summed E-state index contributed by atoms with van der Waals surface area (Å²) in [4.78, 5) is 13.5. The Kier molecular flexibility index (Phi) is 6.09. The highest BCUT2D eigenvalue weighted by atomic mass is 16.6. The van der Waals surface area contributed by atoms with Gasteiger partial charge in [0, 0.05) is 19.1 Å². The van der Waals surface area contributed by atoms with Crippen molar-refractivity contribution in [3.05, 3.63) is 11.6 Å². The third-order valence-electron chi connectivity index (χ3n) is 4.60. The summed E-state index contributed by atoms with van der Waals surface area (Å²) in [6.45, 7) is 9.62. The predicted octanol–water partition coefficient (Wildman–Crippen LogP) is 3.19. The number of hydrogen-bond donors (Lipinski definition) is 1. The Balaban J connectivity index is 1.67. The van der Waals surface area contributed by atoms with Gasteiger partial charge in [-0.25, -0.2) is 4.79 Å². The monoisotopic (exact) mass is 294 g/mol. The molecule has 0 radical (unpaired) electrons. The minimum atomic E-state index is -0.155. The van der Waals surface area contributed by atoms with Crippen LogP contribution in [0.5, 0.6) is 0 Å². The Hall–Kier alpha value is -1.03. The molecule has 0 saturated carbocycles. The molecule has 2 atom stereocenters. The number of carbonyl (C=O) groups excluding carboxylic acids is 1. The van der Waals surface area contributed by atoms with Crippen molar-refractivity contribution >= 4 is 6.09 Å². The minimum absolute atomic E-state index is 0.155. The minimum Gasteiger partial charge on any atom is -0.450 e. The first-order valence-corrected chi connectivity index (χ1v) is 8.40. The topological polar surface area (TPSA) is 41.6 Å². The molecule has 1 heterocycles. The van der Waals surface area contributed by atoms with Crippen LogP contribution >= 0.6 is 0 Å². The average Bonchev–Trinajstić information content (AvgIpc) is 2.45. The van der Waals surface area contributed by atoms with Crippen LogP contribution in [0, 0.1) is 11.8 Å². The van der Waals surface area contributed by atoms with Gasteiger partial charge in [-0.3, -0.25) is 0 Å². The van der Waals surface area contributed by atoms with Gasteiger partial charge >= 0.3 is 6.09 Å². The molecule has 0 aromatic heterocycles. The second kappa shape index (κ2) is 7.83. The molecule has 1 aliphatic heterocycles. The maximum atomic E-state index is 11.7. The van der Waals surface area contributed by atoms with Crippen molar-refractivity contribution in [1.29, 1.82) is 0 Å². The number of amides is 1.